The van der Waals surface area contributed by atoms with Crippen molar-refractivity contribution in [1.82, 2.24) is 19.2 Å². The number of anilines is 1. The number of carbonyl (C=O) groups is 1. The van der Waals surface area contributed by atoms with Crippen LogP contribution in [0.5, 0.6) is 0 Å². The van der Waals surface area contributed by atoms with Gasteiger partial charge in [-0.05, 0) is 56.3 Å². The van der Waals surface area contributed by atoms with E-state index < -0.39 is 0 Å². The number of likely N-dealkylation sites (N-methyl/N-ethyl adjacent to an activating group) is 1. The van der Waals surface area contributed by atoms with Crippen LogP contribution in [-0.4, -0.2) is 58.3 Å². The molecule has 6 nitrogen and oxygen atoms in total. The van der Waals surface area contributed by atoms with Crippen LogP contribution in [0.2, 0.25) is 0 Å². The topological polar surface area (TPSA) is 52.9 Å². The minimum Gasteiger partial charge on any atom is -0.322 e. The lowest BCUT2D eigenvalue weighted by Crippen LogP contribution is -2.44. The number of pyridine rings is 1. The number of benzene rings is 2. The van der Waals surface area contributed by atoms with Gasteiger partial charge in [-0.15, -0.1) is 0 Å². The quantitative estimate of drug-likeness (QED) is 0.479. The summed E-state index contributed by atoms with van der Waals surface area (Å²) >= 11 is 0. The number of amides is 1. The summed E-state index contributed by atoms with van der Waals surface area (Å²) in [5.41, 5.74) is 7.81. The van der Waals surface area contributed by atoms with Crippen LogP contribution in [-0.2, 0) is 6.54 Å². The first kappa shape index (κ1) is 22.3. The number of rotatable bonds is 5. The zero-order chi connectivity index (χ0) is 23.7. The maximum Gasteiger partial charge on any atom is 0.255 e. The van der Waals surface area contributed by atoms with Gasteiger partial charge in [0.25, 0.3) is 5.91 Å². The molecule has 1 aliphatic heterocycles. The Bertz CT molecular complexity index is 1320. The Kier molecular flexibility index (Phi) is 6.18. The van der Waals surface area contributed by atoms with E-state index in [0.717, 1.165) is 72.0 Å². The van der Waals surface area contributed by atoms with E-state index >= 15 is 0 Å². The van der Waals surface area contributed by atoms with Crippen LogP contribution < -0.4 is 5.32 Å². The van der Waals surface area contributed by atoms with Gasteiger partial charge in [-0.2, -0.15) is 0 Å². The summed E-state index contributed by atoms with van der Waals surface area (Å²) in [5, 5.41) is 3.09. The molecule has 0 atom stereocenters. The molecule has 1 N–H and O–H groups in total. The summed E-state index contributed by atoms with van der Waals surface area (Å²) in [4.78, 5) is 22.7. The van der Waals surface area contributed by atoms with Crippen LogP contribution in [0.4, 0.5) is 5.69 Å². The van der Waals surface area contributed by atoms with Gasteiger partial charge >= 0.3 is 0 Å². The normalized spacial score (nSPS) is 15.0. The maximum absolute atomic E-state index is 13.2. The van der Waals surface area contributed by atoms with Gasteiger partial charge in [0.15, 0.2) is 0 Å². The highest BCUT2D eigenvalue weighted by Gasteiger charge is 2.18. The third kappa shape index (κ3) is 4.74. The largest absolute Gasteiger partial charge is 0.322 e. The molecule has 0 spiro atoms. The molecule has 0 radical (unpaired) electrons. The Morgan fingerprint density at radius 1 is 1.00 bits per heavy atom. The Morgan fingerprint density at radius 3 is 2.50 bits per heavy atom. The third-order valence-electron chi connectivity index (χ3n) is 6.61. The van der Waals surface area contributed by atoms with E-state index in [4.69, 9.17) is 4.98 Å². The first-order valence-electron chi connectivity index (χ1n) is 11.8. The minimum atomic E-state index is -0.0692. The zero-order valence-electron chi connectivity index (χ0n) is 20.1. The summed E-state index contributed by atoms with van der Waals surface area (Å²) in [6.45, 7) is 9.11. The predicted molar refractivity (Wildman–Crippen MR) is 137 cm³/mol. The van der Waals surface area contributed by atoms with Crippen molar-refractivity contribution >= 4 is 17.2 Å². The highest BCUT2D eigenvalue weighted by Crippen LogP contribution is 2.23. The Balaban J connectivity index is 1.32. The van der Waals surface area contributed by atoms with Crippen LogP contribution in [0, 0.1) is 13.8 Å². The van der Waals surface area contributed by atoms with Crippen molar-refractivity contribution in [3.63, 3.8) is 0 Å². The first-order chi connectivity index (χ1) is 16.5. The summed E-state index contributed by atoms with van der Waals surface area (Å²) in [6.07, 6.45) is 4.04. The molecule has 0 aliphatic carbocycles. The third-order valence-corrected chi connectivity index (χ3v) is 6.61. The fraction of sp³-hybridized carbons (Fsp3) is 0.286. The average molecular weight is 454 g/mol. The van der Waals surface area contributed by atoms with Gasteiger partial charge in [-0.3, -0.25) is 9.69 Å². The van der Waals surface area contributed by atoms with Crippen molar-refractivity contribution in [1.29, 1.82) is 0 Å². The molecule has 3 heterocycles. The smallest absolute Gasteiger partial charge is 0.255 e. The molecule has 2 aromatic heterocycles. The van der Waals surface area contributed by atoms with E-state index in [1.807, 2.05) is 59.3 Å². The van der Waals surface area contributed by atoms with Crippen molar-refractivity contribution < 1.29 is 4.79 Å². The van der Waals surface area contributed by atoms with Gasteiger partial charge in [-0.1, -0.05) is 35.9 Å². The molecule has 0 bridgehead atoms. The predicted octanol–water partition coefficient (Wildman–Crippen LogP) is 4.62. The van der Waals surface area contributed by atoms with Gasteiger partial charge in [0, 0.05) is 61.9 Å². The number of carbonyl (C=O) groups excluding carboxylic acids is 1. The molecule has 5 rings (SSSR count). The molecule has 0 unspecified atom stereocenters. The Hall–Kier alpha value is -3.48. The van der Waals surface area contributed by atoms with Gasteiger partial charge in [-0.25, -0.2) is 4.98 Å². The van der Waals surface area contributed by atoms with Crippen LogP contribution in [0.1, 0.15) is 27.0 Å². The lowest BCUT2D eigenvalue weighted by molar-refractivity contribution is 0.102. The lowest BCUT2D eigenvalue weighted by atomic mass is 10.0. The summed E-state index contributed by atoms with van der Waals surface area (Å²) in [6, 6.07) is 18.1. The molecule has 6 heteroatoms. The van der Waals surface area contributed by atoms with Gasteiger partial charge in [0.1, 0.15) is 5.65 Å². The molecule has 0 saturated carbocycles. The second-order valence-corrected chi connectivity index (χ2v) is 9.32. The van der Waals surface area contributed by atoms with Crippen molar-refractivity contribution in [2.45, 2.75) is 20.4 Å². The van der Waals surface area contributed by atoms with E-state index in [0.29, 0.717) is 0 Å². The number of piperazine rings is 1. The maximum atomic E-state index is 13.2. The van der Waals surface area contributed by atoms with Crippen LogP contribution in [0.15, 0.2) is 67.0 Å². The molecule has 4 aromatic rings. The number of aryl methyl sites for hydroxylation is 2. The number of aromatic nitrogens is 2. The monoisotopic (exact) mass is 453 g/mol. The first-order valence-corrected chi connectivity index (χ1v) is 11.8. The molecule has 34 heavy (non-hydrogen) atoms. The zero-order valence-corrected chi connectivity index (χ0v) is 20.1. The Morgan fingerprint density at radius 2 is 1.76 bits per heavy atom. The molecule has 1 aliphatic rings. The van der Waals surface area contributed by atoms with E-state index in [-0.39, 0.29) is 5.91 Å². The van der Waals surface area contributed by atoms with Crippen LogP contribution in [0.3, 0.4) is 0 Å². The average Bonchev–Trinajstić information content (AvgIpc) is 3.27. The molecule has 1 fully saturated rings. The van der Waals surface area contributed by atoms with Gasteiger partial charge in [0.05, 0.1) is 5.69 Å². The summed E-state index contributed by atoms with van der Waals surface area (Å²) < 4.78 is 2.04. The lowest BCUT2D eigenvalue weighted by Gasteiger charge is -2.32. The molecule has 1 amide bonds. The minimum absolute atomic E-state index is 0.0692. The van der Waals surface area contributed by atoms with E-state index in [2.05, 4.69) is 48.1 Å². The fourth-order valence-corrected chi connectivity index (χ4v) is 4.54. The number of fused-ring (bicyclic) bond motifs is 1. The second-order valence-electron chi connectivity index (χ2n) is 9.32. The molecular weight excluding hydrogens is 422 g/mol. The number of hydrogen-bond acceptors (Lipinski definition) is 4. The number of nitrogens with zero attached hydrogens (tertiary/aromatic N) is 4. The number of imidazole rings is 1. The molecule has 2 aromatic carbocycles. The van der Waals surface area contributed by atoms with Crippen molar-refractivity contribution in [3.8, 4) is 11.3 Å². The van der Waals surface area contributed by atoms with Gasteiger partial charge in [0.2, 0.25) is 0 Å². The number of hydrogen-bond donors (Lipinski definition) is 1. The summed E-state index contributed by atoms with van der Waals surface area (Å²) in [7, 11) is 2.16. The fourth-order valence-electron chi connectivity index (χ4n) is 4.54. The second kappa shape index (κ2) is 9.41. The molecular formula is C28H31N5O. The van der Waals surface area contributed by atoms with Crippen LogP contribution in [0.25, 0.3) is 16.9 Å². The van der Waals surface area contributed by atoms with Crippen molar-refractivity contribution in [2.75, 3.05) is 38.5 Å². The highest BCUT2D eigenvalue weighted by atomic mass is 16.1. The van der Waals surface area contributed by atoms with Gasteiger partial charge < -0.3 is 14.6 Å². The van der Waals surface area contributed by atoms with Crippen molar-refractivity contribution in [2.24, 2.45) is 0 Å². The standard InChI is InChI=1S/C28H31N5O/c1-20-6-11-25(23(17-20)18-32-15-13-31(3)14-16-32)28(34)29-24-9-7-22(8-10-24)26-19-33-12-4-5-21(2)27(33)30-26/h4-12,17,19H,13-16,18H2,1-3H3,(H,29,34). The van der Waals surface area contributed by atoms with E-state index in [1.165, 1.54) is 5.56 Å². The molecule has 1 saturated heterocycles. The SMILES string of the molecule is Cc1ccc(C(=O)Nc2ccc(-c3cn4cccc(C)c4n3)cc2)c(CN2CCN(C)CC2)c1. The van der Waals surface area contributed by atoms with Crippen molar-refractivity contribution in [3.05, 3.63) is 89.2 Å². The van der Waals surface area contributed by atoms with E-state index in [1.54, 1.807) is 0 Å². The summed E-state index contributed by atoms with van der Waals surface area (Å²) in [5.74, 6) is -0.0692. The van der Waals surface area contributed by atoms with E-state index in [9.17, 15) is 4.79 Å². The highest BCUT2D eigenvalue weighted by molar-refractivity contribution is 6.05. The molecule has 174 valence electrons. The Labute approximate surface area is 200 Å². The number of nitrogens with one attached hydrogen (secondary N) is 1. The van der Waals surface area contributed by atoms with Crippen LogP contribution >= 0.6 is 0 Å².